The molecule has 16 heavy (non-hydrogen) atoms. The van der Waals surface area contributed by atoms with E-state index in [2.05, 4.69) is 15.3 Å². The van der Waals surface area contributed by atoms with Gasteiger partial charge in [0.05, 0.1) is 5.69 Å². The molecule has 3 rings (SSSR count). The first kappa shape index (κ1) is 9.27. The van der Waals surface area contributed by atoms with Gasteiger partial charge in [-0.05, 0) is 12.8 Å². The SMILES string of the molecule is Nc1nc(NC2CC2)c(-c2ccccc2)[nH]1. The maximum Gasteiger partial charge on any atom is 0.199 e. The minimum Gasteiger partial charge on any atom is -0.369 e. The van der Waals surface area contributed by atoms with Gasteiger partial charge in [-0.25, -0.2) is 0 Å². The van der Waals surface area contributed by atoms with E-state index >= 15 is 0 Å². The van der Waals surface area contributed by atoms with Crippen molar-refractivity contribution >= 4 is 11.8 Å². The number of aromatic nitrogens is 2. The van der Waals surface area contributed by atoms with E-state index in [9.17, 15) is 0 Å². The van der Waals surface area contributed by atoms with Gasteiger partial charge in [0.15, 0.2) is 11.8 Å². The van der Waals surface area contributed by atoms with Crippen molar-refractivity contribution < 1.29 is 0 Å². The maximum atomic E-state index is 5.71. The van der Waals surface area contributed by atoms with Crippen molar-refractivity contribution in [3.63, 3.8) is 0 Å². The number of imidazole rings is 1. The van der Waals surface area contributed by atoms with E-state index in [0.29, 0.717) is 12.0 Å². The van der Waals surface area contributed by atoms with Gasteiger partial charge < -0.3 is 16.0 Å². The zero-order chi connectivity index (χ0) is 11.0. The number of nitrogens with zero attached hydrogens (tertiary/aromatic N) is 1. The monoisotopic (exact) mass is 214 g/mol. The average molecular weight is 214 g/mol. The second-order valence-electron chi connectivity index (χ2n) is 4.13. The standard InChI is InChI=1S/C12H14N4/c13-12-15-10(8-4-2-1-3-5-8)11(16-12)14-9-6-7-9/h1-5,9,14H,6-7H2,(H3,13,15,16). The minimum atomic E-state index is 0.460. The molecule has 1 fully saturated rings. The number of anilines is 2. The summed E-state index contributed by atoms with van der Waals surface area (Å²) in [5, 5.41) is 3.38. The van der Waals surface area contributed by atoms with Gasteiger partial charge in [-0.3, -0.25) is 0 Å². The molecule has 0 amide bonds. The number of nitrogens with one attached hydrogen (secondary N) is 2. The predicted octanol–water partition coefficient (Wildman–Crippen LogP) is 2.23. The summed E-state index contributed by atoms with van der Waals surface area (Å²) >= 11 is 0. The smallest absolute Gasteiger partial charge is 0.199 e. The lowest BCUT2D eigenvalue weighted by Gasteiger charge is -2.03. The van der Waals surface area contributed by atoms with Crippen LogP contribution in [0.25, 0.3) is 11.3 Å². The molecule has 4 nitrogen and oxygen atoms in total. The Balaban J connectivity index is 1.98. The number of H-pyrrole nitrogens is 1. The first-order valence-corrected chi connectivity index (χ1v) is 5.50. The van der Waals surface area contributed by atoms with Crippen molar-refractivity contribution in [1.82, 2.24) is 9.97 Å². The number of rotatable bonds is 3. The molecule has 0 bridgehead atoms. The first-order chi connectivity index (χ1) is 7.83. The summed E-state index contributed by atoms with van der Waals surface area (Å²) < 4.78 is 0. The van der Waals surface area contributed by atoms with Gasteiger partial charge in [0.2, 0.25) is 0 Å². The summed E-state index contributed by atoms with van der Waals surface area (Å²) in [6, 6.07) is 10.7. The topological polar surface area (TPSA) is 66.7 Å². The molecule has 82 valence electrons. The van der Waals surface area contributed by atoms with Crippen LogP contribution in [0, 0.1) is 0 Å². The lowest BCUT2D eigenvalue weighted by Crippen LogP contribution is -2.02. The molecule has 0 aliphatic heterocycles. The Kier molecular flexibility index (Phi) is 2.06. The highest BCUT2D eigenvalue weighted by molar-refractivity contribution is 5.74. The molecule has 0 radical (unpaired) electrons. The van der Waals surface area contributed by atoms with Crippen LogP contribution < -0.4 is 11.1 Å². The Hall–Kier alpha value is -1.97. The van der Waals surface area contributed by atoms with Crippen molar-refractivity contribution in [2.45, 2.75) is 18.9 Å². The van der Waals surface area contributed by atoms with E-state index in [1.807, 2.05) is 30.3 Å². The highest BCUT2D eigenvalue weighted by Crippen LogP contribution is 2.31. The molecule has 4 N–H and O–H groups in total. The largest absolute Gasteiger partial charge is 0.369 e. The molecule has 1 aromatic carbocycles. The second kappa shape index (κ2) is 3.56. The van der Waals surface area contributed by atoms with Crippen LogP contribution in [0.2, 0.25) is 0 Å². The summed E-state index contributed by atoms with van der Waals surface area (Å²) in [6.45, 7) is 0. The molecule has 0 unspecified atom stereocenters. The molecule has 0 saturated heterocycles. The number of nitrogen functional groups attached to an aromatic ring is 1. The van der Waals surface area contributed by atoms with Crippen molar-refractivity contribution in [3.05, 3.63) is 30.3 Å². The molecule has 0 spiro atoms. The van der Waals surface area contributed by atoms with E-state index in [1.165, 1.54) is 12.8 Å². The molecule has 2 aromatic rings. The van der Waals surface area contributed by atoms with Gasteiger partial charge >= 0.3 is 0 Å². The highest BCUT2D eigenvalue weighted by atomic mass is 15.1. The Morgan fingerprint density at radius 1 is 1.25 bits per heavy atom. The highest BCUT2D eigenvalue weighted by Gasteiger charge is 2.23. The quantitative estimate of drug-likeness (QED) is 0.734. The van der Waals surface area contributed by atoms with Crippen LogP contribution in [0.5, 0.6) is 0 Å². The third-order valence-electron chi connectivity index (χ3n) is 2.70. The van der Waals surface area contributed by atoms with Gasteiger partial charge in [0.1, 0.15) is 0 Å². The lowest BCUT2D eigenvalue weighted by molar-refractivity contribution is 1.13. The summed E-state index contributed by atoms with van der Waals surface area (Å²) in [6.07, 6.45) is 2.45. The number of benzene rings is 1. The van der Waals surface area contributed by atoms with E-state index in [0.717, 1.165) is 17.1 Å². The fraction of sp³-hybridized carbons (Fsp3) is 0.250. The summed E-state index contributed by atoms with van der Waals surface area (Å²) in [5.41, 5.74) is 7.79. The van der Waals surface area contributed by atoms with Gasteiger partial charge in [0, 0.05) is 11.6 Å². The van der Waals surface area contributed by atoms with Crippen molar-refractivity contribution in [2.24, 2.45) is 0 Å². The number of hydrogen-bond donors (Lipinski definition) is 3. The zero-order valence-electron chi connectivity index (χ0n) is 8.90. The van der Waals surface area contributed by atoms with Crippen molar-refractivity contribution in [3.8, 4) is 11.3 Å². The van der Waals surface area contributed by atoms with Crippen LogP contribution in [-0.2, 0) is 0 Å². The Morgan fingerprint density at radius 2 is 2.00 bits per heavy atom. The van der Waals surface area contributed by atoms with Crippen LogP contribution in [0.15, 0.2) is 30.3 Å². The number of hydrogen-bond acceptors (Lipinski definition) is 3. The molecule has 1 heterocycles. The van der Waals surface area contributed by atoms with Crippen molar-refractivity contribution in [2.75, 3.05) is 11.1 Å². The molecule has 1 aliphatic rings. The lowest BCUT2D eigenvalue weighted by atomic mass is 10.1. The van der Waals surface area contributed by atoms with Crippen LogP contribution in [0.1, 0.15) is 12.8 Å². The van der Waals surface area contributed by atoms with E-state index < -0.39 is 0 Å². The molecule has 1 aliphatic carbocycles. The fourth-order valence-electron chi connectivity index (χ4n) is 1.73. The van der Waals surface area contributed by atoms with E-state index in [4.69, 9.17) is 5.73 Å². The molecule has 0 atom stereocenters. The molecular formula is C12H14N4. The Morgan fingerprint density at radius 3 is 2.69 bits per heavy atom. The molecule has 1 aromatic heterocycles. The summed E-state index contributed by atoms with van der Waals surface area (Å²) in [5.74, 6) is 1.33. The van der Waals surface area contributed by atoms with Crippen LogP contribution in [-0.4, -0.2) is 16.0 Å². The molecule has 1 saturated carbocycles. The Labute approximate surface area is 93.9 Å². The van der Waals surface area contributed by atoms with Gasteiger partial charge in [0.25, 0.3) is 0 Å². The maximum absolute atomic E-state index is 5.71. The summed E-state index contributed by atoms with van der Waals surface area (Å²) in [7, 11) is 0. The van der Waals surface area contributed by atoms with Crippen LogP contribution in [0.4, 0.5) is 11.8 Å². The second-order valence-corrected chi connectivity index (χ2v) is 4.13. The first-order valence-electron chi connectivity index (χ1n) is 5.50. The van der Waals surface area contributed by atoms with E-state index in [-0.39, 0.29) is 0 Å². The van der Waals surface area contributed by atoms with E-state index in [1.54, 1.807) is 0 Å². The average Bonchev–Trinajstić information content (AvgIpc) is 3.03. The molecular weight excluding hydrogens is 200 g/mol. The van der Waals surface area contributed by atoms with Gasteiger partial charge in [-0.2, -0.15) is 4.98 Å². The number of aromatic amines is 1. The van der Waals surface area contributed by atoms with Gasteiger partial charge in [-0.15, -0.1) is 0 Å². The summed E-state index contributed by atoms with van der Waals surface area (Å²) in [4.78, 5) is 7.38. The van der Waals surface area contributed by atoms with Crippen LogP contribution >= 0.6 is 0 Å². The predicted molar refractivity (Wildman–Crippen MR) is 65.1 cm³/mol. The zero-order valence-corrected chi connectivity index (χ0v) is 8.90. The van der Waals surface area contributed by atoms with Gasteiger partial charge in [-0.1, -0.05) is 30.3 Å². The normalized spacial score (nSPS) is 15.0. The number of nitrogens with two attached hydrogens (primary N) is 1. The van der Waals surface area contributed by atoms with Crippen LogP contribution in [0.3, 0.4) is 0 Å². The molecule has 4 heteroatoms. The fourth-order valence-corrected chi connectivity index (χ4v) is 1.73. The minimum absolute atomic E-state index is 0.460. The Bertz CT molecular complexity index is 485. The van der Waals surface area contributed by atoms with Crippen molar-refractivity contribution in [1.29, 1.82) is 0 Å². The third-order valence-corrected chi connectivity index (χ3v) is 2.70. The third kappa shape index (κ3) is 1.74.